The first kappa shape index (κ1) is 25.4. The number of rotatable bonds is 6. The molecule has 1 amide bonds. The summed E-state index contributed by atoms with van der Waals surface area (Å²) in [5, 5.41) is 15.9. The van der Waals surface area contributed by atoms with E-state index in [9.17, 15) is 23.3 Å². The Kier molecular flexibility index (Phi) is 6.90. The molecule has 190 valence electrons. The molecule has 1 fully saturated rings. The van der Waals surface area contributed by atoms with E-state index in [1.54, 1.807) is 51.1 Å². The summed E-state index contributed by atoms with van der Waals surface area (Å²) < 4.78 is 32.1. The highest BCUT2D eigenvalue weighted by Gasteiger charge is 2.29. The van der Waals surface area contributed by atoms with Crippen molar-refractivity contribution in [1.82, 2.24) is 5.32 Å². The van der Waals surface area contributed by atoms with Crippen LogP contribution >= 0.6 is 0 Å². The van der Waals surface area contributed by atoms with Crippen LogP contribution in [0.4, 0.5) is 16.2 Å². The maximum absolute atomic E-state index is 13.4. The van der Waals surface area contributed by atoms with Crippen molar-refractivity contribution < 1.29 is 22.9 Å². The number of benzene rings is 3. The zero-order valence-electron chi connectivity index (χ0n) is 20.4. The number of anilines is 1. The standard InChI is InChI=1S/C26H29N3O6S/c1-26(2,3)35-25(30)27-20-13-14-28(16-20)21-11-12-23(29(31)32)19(15-21)17-36(33,34)24-10-6-8-18-7-4-5-9-22(18)24/h4-12,15,20H,13-14,16-17H2,1-3H3,(H,27,30)/t20-/m0/s1. The lowest BCUT2D eigenvalue weighted by Crippen LogP contribution is -2.40. The van der Waals surface area contributed by atoms with Crippen LogP contribution in [0.15, 0.2) is 65.6 Å². The Labute approximate surface area is 210 Å². The second kappa shape index (κ2) is 9.77. The van der Waals surface area contributed by atoms with Crippen molar-refractivity contribution in [3.05, 3.63) is 76.3 Å². The number of fused-ring (bicyclic) bond motifs is 1. The van der Waals surface area contributed by atoms with Gasteiger partial charge in [0.15, 0.2) is 9.84 Å². The Morgan fingerprint density at radius 2 is 1.86 bits per heavy atom. The van der Waals surface area contributed by atoms with E-state index >= 15 is 0 Å². The van der Waals surface area contributed by atoms with Crippen LogP contribution in [0.3, 0.4) is 0 Å². The number of nitro groups is 1. The molecule has 0 bridgehead atoms. The third kappa shape index (κ3) is 5.76. The Balaban J connectivity index is 1.58. The summed E-state index contributed by atoms with van der Waals surface area (Å²) in [5.74, 6) is -0.501. The maximum Gasteiger partial charge on any atom is 0.407 e. The lowest BCUT2D eigenvalue weighted by atomic mass is 10.1. The number of nitro benzene ring substituents is 1. The molecule has 4 rings (SSSR count). The normalized spacial score (nSPS) is 16.2. The summed E-state index contributed by atoms with van der Waals surface area (Å²) in [6.07, 6.45) is 0.166. The highest BCUT2D eigenvalue weighted by molar-refractivity contribution is 7.90. The topological polar surface area (TPSA) is 119 Å². The van der Waals surface area contributed by atoms with Gasteiger partial charge >= 0.3 is 6.09 Å². The minimum absolute atomic E-state index is 0.119. The van der Waals surface area contributed by atoms with Gasteiger partial charge in [-0.1, -0.05) is 36.4 Å². The van der Waals surface area contributed by atoms with Gasteiger partial charge in [0, 0.05) is 35.8 Å². The van der Waals surface area contributed by atoms with Gasteiger partial charge in [-0.3, -0.25) is 10.1 Å². The molecule has 0 radical (unpaired) electrons. The number of amides is 1. The van der Waals surface area contributed by atoms with Gasteiger partial charge in [-0.15, -0.1) is 0 Å². The van der Waals surface area contributed by atoms with Gasteiger partial charge < -0.3 is 15.0 Å². The molecule has 1 aliphatic heterocycles. The molecular weight excluding hydrogens is 482 g/mol. The average Bonchev–Trinajstić information content (AvgIpc) is 3.25. The number of carbonyl (C=O) groups excluding carboxylic acids is 1. The van der Waals surface area contributed by atoms with Gasteiger partial charge in [0.2, 0.25) is 0 Å². The largest absolute Gasteiger partial charge is 0.444 e. The van der Waals surface area contributed by atoms with Gasteiger partial charge in [-0.2, -0.15) is 0 Å². The molecule has 0 spiro atoms. The van der Waals surface area contributed by atoms with E-state index in [-0.39, 0.29) is 22.2 Å². The molecule has 0 unspecified atom stereocenters. The minimum atomic E-state index is -3.88. The number of ether oxygens (including phenoxy) is 1. The second-order valence-corrected chi connectivity index (χ2v) is 11.8. The van der Waals surface area contributed by atoms with Gasteiger partial charge in [-0.25, -0.2) is 13.2 Å². The number of sulfone groups is 1. The van der Waals surface area contributed by atoms with Crippen molar-refractivity contribution in [1.29, 1.82) is 0 Å². The molecule has 1 atom stereocenters. The van der Waals surface area contributed by atoms with Crippen molar-refractivity contribution in [2.75, 3.05) is 18.0 Å². The quantitative estimate of drug-likeness (QED) is 0.372. The molecule has 3 aromatic rings. The van der Waals surface area contributed by atoms with Crippen molar-refractivity contribution in [3.63, 3.8) is 0 Å². The number of carbonyl (C=O) groups is 1. The molecule has 9 nitrogen and oxygen atoms in total. The van der Waals surface area contributed by atoms with Crippen molar-refractivity contribution in [2.24, 2.45) is 0 Å². The summed E-state index contributed by atoms with van der Waals surface area (Å²) in [4.78, 5) is 25.4. The second-order valence-electron chi connectivity index (χ2n) is 9.88. The van der Waals surface area contributed by atoms with Crippen molar-refractivity contribution >= 4 is 38.1 Å². The van der Waals surface area contributed by atoms with Crippen LogP contribution < -0.4 is 10.2 Å². The number of nitrogens with one attached hydrogen (secondary N) is 1. The molecule has 0 aliphatic carbocycles. The lowest BCUT2D eigenvalue weighted by Gasteiger charge is -2.22. The fourth-order valence-electron chi connectivity index (χ4n) is 4.40. The summed E-state index contributed by atoms with van der Waals surface area (Å²) in [7, 11) is -3.88. The molecule has 0 aromatic heterocycles. The molecule has 36 heavy (non-hydrogen) atoms. The molecule has 10 heteroatoms. The number of nitrogens with zero attached hydrogens (tertiary/aromatic N) is 2. The maximum atomic E-state index is 13.4. The predicted octanol–water partition coefficient (Wildman–Crippen LogP) is 4.83. The van der Waals surface area contributed by atoms with E-state index < -0.39 is 32.2 Å². The Morgan fingerprint density at radius 1 is 1.14 bits per heavy atom. The van der Waals surface area contributed by atoms with Crippen LogP contribution in [0.2, 0.25) is 0 Å². The third-order valence-corrected chi connectivity index (χ3v) is 7.68. The molecule has 1 heterocycles. The number of hydrogen-bond acceptors (Lipinski definition) is 7. The van der Waals surface area contributed by atoms with Crippen molar-refractivity contribution in [3.8, 4) is 0 Å². The smallest absolute Gasteiger partial charge is 0.407 e. The predicted molar refractivity (Wildman–Crippen MR) is 138 cm³/mol. The Hall–Kier alpha value is -3.66. The summed E-state index contributed by atoms with van der Waals surface area (Å²) in [6, 6.07) is 16.5. The Bertz CT molecular complexity index is 1410. The lowest BCUT2D eigenvalue weighted by molar-refractivity contribution is -0.385. The summed E-state index contributed by atoms with van der Waals surface area (Å²) in [6.45, 7) is 6.45. The van der Waals surface area contributed by atoms with E-state index in [1.165, 1.54) is 12.1 Å². The van der Waals surface area contributed by atoms with Gasteiger partial charge in [0.1, 0.15) is 5.60 Å². The molecule has 1 N–H and O–H groups in total. The molecule has 1 saturated heterocycles. The van der Waals surface area contributed by atoms with Gasteiger partial charge in [0.05, 0.1) is 21.6 Å². The fraction of sp³-hybridized carbons (Fsp3) is 0.346. The van der Waals surface area contributed by atoms with E-state index in [1.807, 2.05) is 23.1 Å². The van der Waals surface area contributed by atoms with Gasteiger partial charge in [0.25, 0.3) is 5.69 Å². The molecule has 0 saturated carbocycles. The molecule has 1 aliphatic rings. The fourth-order valence-corrected chi connectivity index (χ4v) is 6.00. The van der Waals surface area contributed by atoms with Crippen LogP contribution in [-0.4, -0.2) is 44.2 Å². The minimum Gasteiger partial charge on any atom is -0.444 e. The van der Waals surface area contributed by atoms with E-state index in [2.05, 4.69) is 5.32 Å². The van der Waals surface area contributed by atoms with E-state index in [4.69, 9.17) is 4.74 Å². The summed E-state index contributed by atoms with van der Waals surface area (Å²) >= 11 is 0. The SMILES string of the molecule is CC(C)(C)OC(=O)N[C@H]1CCN(c2ccc([N+](=O)[O-])c(CS(=O)(=O)c3cccc4ccccc34)c2)C1. The first-order valence-electron chi connectivity index (χ1n) is 11.7. The van der Waals surface area contributed by atoms with Crippen LogP contribution in [0.25, 0.3) is 10.8 Å². The van der Waals surface area contributed by atoms with Crippen LogP contribution in [0, 0.1) is 10.1 Å². The average molecular weight is 512 g/mol. The highest BCUT2D eigenvalue weighted by atomic mass is 32.2. The van der Waals surface area contributed by atoms with Gasteiger partial charge in [-0.05, 0) is 50.8 Å². The van der Waals surface area contributed by atoms with E-state index in [0.29, 0.717) is 30.6 Å². The molecule has 3 aromatic carbocycles. The monoisotopic (exact) mass is 511 g/mol. The highest BCUT2D eigenvalue weighted by Crippen LogP contribution is 2.32. The van der Waals surface area contributed by atoms with Crippen LogP contribution in [0.5, 0.6) is 0 Å². The first-order valence-corrected chi connectivity index (χ1v) is 13.3. The molecular formula is C26H29N3O6S. The van der Waals surface area contributed by atoms with Crippen LogP contribution in [-0.2, 0) is 20.3 Å². The zero-order valence-corrected chi connectivity index (χ0v) is 21.2. The van der Waals surface area contributed by atoms with E-state index in [0.717, 1.165) is 5.39 Å². The Morgan fingerprint density at radius 3 is 2.58 bits per heavy atom. The van der Waals surface area contributed by atoms with Crippen LogP contribution in [0.1, 0.15) is 32.8 Å². The number of hydrogen-bond donors (Lipinski definition) is 1. The number of alkyl carbamates (subject to hydrolysis) is 1. The first-order chi connectivity index (χ1) is 16.9. The van der Waals surface area contributed by atoms with Crippen molar-refractivity contribution in [2.45, 2.75) is 49.5 Å². The third-order valence-electron chi connectivity index (χ3n) is 5.96. The summed E-state index contributed by atoms with van der Waals surface area (Å²) in [5.41, 5.74) is -0.0676. The zero-order chi connectivity index (χ0) is 26.1.